The first-order valence-corrected chi connectivity index (χ1v) is 7.27. The van der Waals surface area contributed by atoms with Crippen LogP contribution in [0.1, 0.15) is 25.3 Å². The van der Waals surface area contributed by atoms with Crippen molar-refractivity contribution in [2.24, 2.45) is 0 Å². The third-order valence-corrected chi connectivity index (χ3v) is 3.92. The minimum absolute atomic E-state index is 0.416. The van der Waals surface area contributed by atoms with Crippen molar-refractivity contribution in [3.63, 3.8) is 0 Å². The van der Waals surface area contributed by atoms with Gasteiger partial charge in [-0.1, -0.05) is 18.2 Å². The van der Waals surface area contributed by atoms with Gasteiger partial charge in [0.15, 0.2) is 0 Å². The number of hydrogen-bond donors (Lipinski definition) is 1. The van der Waals surface area contributed by atoms with Crippen LogP contribution in [0, 0.1) is 0 Å². The lowest BCUT2D eigenvalue weighted by Gasteiger charge is -2.10. The van der Waals surface area contributed by atoms with Gasteiger partial charge in [-0.3, -0.25) is 0 Å². The smallest absolute Gasteiger partial charge is 0.0700 e. The second-order valence-electron chi connectivity index (χ2n) is 5.22. The van der Waals surface area contributed by atoms with E-state index in [0.29, 0.717) is 6.10 Å². The van der Waals surface area contributed by atoms with Crippen molar-refractivity contribution >= 4 is 10.9 Å². The van der Waals surface area contributed by atoms with Crippen molar-refractivity contribution in [3.8, 4) is 0 Å². The van der Waals surface area contributed by atoms with Gasteiger partial charge in [0, 0.05) is 43.3 Å². The van der Waals surface area contributed by atoms with Crippen molar-refractivity contribution in [1.82, 2.24) is 9.88 Å². The van der Waals surface area contributed by atoms with E-state index >= 15 is 0 Å². The van der Waals surface area contributed by atoms with Crippen LogP contribution in [0.4, 0.5) is 0 Å². The SMILES string of the molecule is CCn1cc(CNCC2CCCO2)c2ccccc21. The molecular weight excluding hydrogens is 236 g/mol. The van der Waals surface area contributed by atoms with Crippen LogP contribution in [-0.4, -0.2) is 23.8 Å². The molecule has 0 amide bonds. The van der Waals surface area contributed by atoms with E-state index in [2.05, 4.69) is 47.3 Å². The number of aromatic nitrogens is 1. The molecule has 19 heavy (non-hydrogen) atoms. The van der Waals surface area contributed by atoms with E-state index in [1.54, 1.807) is 0 Å². The molecule has 2 heterocycles. The molecule has 1 saturated heterocycles. The number of aryl methyl sites for hydroxylation is 1. The second kappa shape index (κ2) is 5.76. The first-order chi connectivity index (χ1) is 9.38. The fourth-order valence-corrected chi connectivity index (χ4v) is 2.90. The molecule has 0 saturated carbocycles. The Morgan fingerprint density at radius 3 is 3.05 bits per heavy atom. The molecule has 3 nitrogen and oxygen atoms in total. The molecular formula is C16H22N2O. The summed E-state index contributed by atoms with van der Waals surface area (Å²) in [6.45, 7) is 6.03. The molecule has 1 fully saturated rings. The lowest BCUT2D eigenvalue weighted by molar-refractivity contribution is 0.110. The monoisotopic (exact) mass is 258 g/mol. The summed E-state index contributed by atoms with van der Waals surface area (Å²) in [6, 6.07) is 8.64. The molecule has 3 rings (SSSR count). The maximum Gasteiger partial charge on any atom is 0.0700 e. The fraction of sp³-hybridized carbons (Fsp3) is 0.500. The average molecular weight is 258 g/mol. The first-order valence-electron chi connectivity index (χ1n) is 7.27. The van der Waals surface area contributed by atoms with Crippen LogP contribution in [0.2, 0.25) is 0 Å². The highest BCUT2D eigenvalue weighted by atomic mass is 16.5. The number of para-hydroxylation sites is 1. The molecule has 102 valence electrons. The van der Waals surface area contributed by atoms with E-state index in [1.807, 2.05) is 0 Å². The van der Waals surface area contributed by atoms with Gasteiger partial charge >= 0.3 is 0 Å². The zero-order valence-corrected chi connectivity index (χ0v) is 11.6. The van der Waals surface area contributed by atoms with E-state index in [1.165, 1.54) is 29.3 Å². The summed E-state index contributed by atoms with van der Waals surface area (Å²) in [5, 5.41) is 4.90. The van der Waals surface area contributed by atoms with Gasteiger partial charge < -0.3 is 14.6 Å². The summed E-state index contributed by atoms with van der Waals surface area (Å²) < 4.78 is 7.95. The third kappa shape index (κ3) is 2.67. The lowest BCUT2D eigenvalue weighted by atomic mass is 10.1. The van der Waals surface area contributed by atoms with Gasteiger partial charge in [-0.05, 0) is 31.4 Å². The minimum atomic E-state index is 0.416. The Morgan fingerprint density at radius 2 is 2.26 bits per heavy atom. The van der Waals surface area contributed by atoms with Crippen molar-refractivity contribution in [2.45, 2.75) is 39.0 Å². The van der Waals surface area contributed by atoms with Crippen LogP contribution in [0.5, 0.6) is 0 Å². The number of fused-ring (bicyclic) bond motifs is 1. The molecule has 0 aliphatic carbocycles. The maximum absolute atomic E-state index is 5.64. The normalized spacial score (nSPS) is 19.3. The Morgan fingerprint density at radius 1 is 1.37 bits per heavy atom. The van der Waals surface area contributed by atoms with Crippen LogP contribution in [0.15, 0.2) is 30.5 Å². The van der Waals surface area contributed by atoms with E-state index < -0.39 is 0 Å². The molecule has 0 spiro atoms. The van der Waals surface area contributed by atoms with E-state index in [-0.39, 0.29) is 0 Å². The van der Waals surface area contributed by atoms with Crippen LogP contribution in [0.25, 0.3) is 10.9 Å². The number of ether oxygens (including phenoxy) is 1. The third-order valence-electron chi connectivity index (χ3n) is 3.92. The highest BCUT2D eigenvalue weighted by molar-refractivity contribution is 5.83. The standard InChI is InChI=1S/C16H22N2O/c1-2-18-12-13(15-7-3-4-8-16(15)18)10-17-11-14-6-5-9-19-14/h3-4,7-8,12,14,17H,2,5-6,9-11H2,1H3. The summed E-state index contributed by atoms with van der Waals surface area (Å²) in [5.41, 5.74) is 2.72. The second-order valence-corrected chi connectivity index (χ2v) is 5.22. The molecule has 1 atom stereocenters. The maximum atomic E-state index is 5.64. The number of hydrogen-bond acceptors (Lipinski definition) is 2. The summed E-state index contributed by atoms with van der Waals surface area (Å²) in [6.07, 6.45) is 5.10. The number of benzene rings is 1. The van der Waals surface area contributed by atoms with Gasteiger partial charge in [0.05, 0.1) is 6.10 Å². The van der Waals surface area contributed by atoms with Crippen molar-refractivity contribution < 1.29 is 4.74 Å². The zero-order chi connectivity index (χ0) is 13.1. The van der Waals surface area contributed by atoms with E-state index in [4.69, 9.17) is 4.74 Å². The summed E-state index contributed by atoms with van der Waals surface area (Å²) in [4.78, 5) is 0. The zero-order valence-electron chi connectivity index (χ0n) is 11.6. The average Bonchev–Trinajstić information content (AvgIpc) is 3.07. The van der Waals surface area contributed by atoms with E-state index in [9.17, 15) is 0 Å². The van der Waals surface area contributed by atoms with Gasteiger partial charge in [0.1, 0.15) is 0 Å². The molecule has 1 unspecified atom stereocenters. The predicted molar refractivity (Wildman–Crippen MR) is 78.3 cm³/mol. The summed E-state index contributed by atoms with van der Waals surface area (Å²) in [5.74, 6) is 0. The van der Waals surface area contributed by atoms with Crippen molar-refractivity contribution in [3.05, 3.63) is 36.0 Å². The van der Waals surface area contributed by atoms with Gasteiger partial charge in [-0.25, -0.2) is 0 Å². The van der Waals surface area contributed by atoms with Gasteiger partial charge in [0.25, 0.3) is 0 Å². The molecule has 0 bridgehead atoms. The fourth-order valence-electron chi connectivity index (χ4n) is 2.90. The molecule has 3 heteroatoms. The van der Waals surface area contributed by atoms with Gasteiger partial charge in [0.2, 0.25) is 0 Å². The Kier molecular flexibility index (Phi) is 3.85. The highest BCUT2D eigenvalue weighted by Crippen LogP contribution is 2.21. The summed E-state index contributed by atoms with van der Waals surface area (Å²) >= 11 is 0. The quantitative estimate of drug-likeness (QED) is 0.892. The molecule has 2 aromatic rings. The number of nitrogens with zero attached hydrogens (tertiary/aromatic N) is 1. The Labute approximate surface area is 114 Å². The number of nitrogens with one attached hydrogen (secondary N) is 1. The highest BCUT2D eigenvalue weighted by Gasteiger charge is 2.15. The Hall–Kier alpha value is -1.32. The largest absolute Gasteiger partial charge is 0.377 e. The van der Waals surface area contributed by atoms with Crippen LogP contribution < -0.4 is 5.32 Å². The molecule has 1 aliphatic rings. The molecule has 1 aromatic heterocycles. The van der Waals surface area contributed by atoms with Crippen LogP contribution in [-0.2, 0) is 17.8 Å². The van der Waals surface area contributed by atoms with Crippen LogP contribution in [0.3, 0.4) is 0 Å². The van der Waals surface area contributed by atoms with Crippen molar-refractivity contribution in [1.29, 1.82) is 0 Å². The molecule has 0 radical (unpaired) electrons. The summed E-state index contributed by atoms with van der Waals surface area (Å²) in [7, 11) is 0. The van der Waals surface area contributed by atoms with Gasteiger partial charge in [-0.2, -0.15) is 0 Å². The molecule has 1 aliphatic heterocycles. The Bertz CT molecular complexity index is 541. The lowest BCUT2D eigenvalue weighted by Crippen LogP contribution is -2.25. The van der Waals surface area contributed by atoms with E-state index in [0.717, 1.165) is 26.2 Å². The van der Waals surface area contributed by atoms with Gasteiger partial charge in [-0.15, -0.1) is 0 Å². The molecule has 1 aromatic carbocycles. The molecule has 1 N–H and O–H groups in total. The number of rotatable bonds is 5. The first kappa shape index (κ1) is 12.7. The Balaban J connectivity index is 1.69. The van der Waals surface area contributed by atoms with Crippen LogP contribution >= 0.6 is 0 Å². The predicted octanol–water partition coefficient (Wildman–Crippen LogP) is 2.93. The minimum Gasteiger partial charge on any atom is -0.377 e. The van der Waals surface area contributed by atoms with Crippen molar-refractivity contribution in [2.75, 3.05) is 13.2 Å². The topological polar surface area (TPSA) is 26.2 Å².